The van der Waals surface area contributed by atoms with Crippen molar-refractivity contribution >= 4 is 0 Å². The van der Waals surface area contributed by atoms with Crippen LogP contribution in [0.25, 0.3) is 0 Å². The van der Waals surface area contributed by atoms with Crippen LogP contribution in [-0.4, -0.2) is 18.8 Å². The van der Waals surface area contributed by atoms with Gasteiger partial charge in [0.25, 0.3) is 0 Å². The van der Waals surface area contributed by atoms with E-state index in [0.29, 0.717) is 0 Å². The molecule has 20 heavy (non-hydrogen) atoms. The van der Waals surface area contributed by atoms with Gasteiger partial charge in [0, 0.05) is 12.5 Å². The molecule has 3 heteroatoms. The van der Waals surface area contributed by atoms with Gasteiger partial charge in [-0.2, -0.15) is 5.26 Å². The van der Waals surface area contributed by atoms with Gasteiger partial charge >= 0.3 is 0 Å². The molecular weight excluding hydrogens is 250 g/mol. The van der Waals surface area contributed by atoms with Crippen molar-refractivity contribution in [1.29, 1.82) is 5.26 Å². The van der Waals surface area contributed by atoms with E-state index in [1.165, 1.54) is 5.56 Å². The van der Waals surface area contributed by atoms with Crippen LogP contribution >= 0.6 is 0 Å². The summed E-state index contributed by atoms with van der Waals surface area (Å²) in [5.41, 5.74) is 2.44. The van der Waals surface area contributed by atoms with Crippen LogP contribution in [0.5, 0.6) is 5.75 Å². The van der Waals surface area contributed by atoms with Gasteiger partial charge in [-0.1, -0.05) is 12.1 Å². The van der Waals surface area contributed by atoms with Crippen LogP contribution in [0, 0.1) is 24.2 Å². The summed E-state index contributed by atoms with van der Waals surface area (Å²) in [5.74, 6) is 1.08. The summed E-state index contributed by atoms with van der Waals surface area (Å²) >= 11 is 0. The highest BCUT2D eigenvalue weighted by atomic mass is 16.5. The van der Waals surface area contributed by atoms with Gasteiger partial charge in [-0.25, -0.2) is 0 Å². The molecule has 1 aromatic rings. The van der Waals surface area contributed by atoms with E-state index in [2.05, 4.69) is 25.1 Å². The monoisotopic (exact) mass is 273 g/mol. The van der Waals surface area contributed by atoms with E-state index >= 15 is 0 Å². The van der Waals surface area contributed by atoms with E-state index in [0.717, 1.165) is 43.4 Å². The van der Waals surface area contributed by atoms with Crippen molar-refractivity contribution in [3.05, 3.63) is 29.3 Å². The summed E-state index contributed by atoms with van der Waals surface area (Å²) in [4.78, 5) is 0. The third-order valence-electron chi connectivity index (χ3n) is 4.72. The molecule has 0 aromatic heterocycles. The van der Waals surface area contributed by atoms with Crippen molar-refractivity contribution in [3.63, 3.8) is 0 Å². The molecule has 1 N–H and O–H groups in total. The molecule has 1 saturated carbocycles. The van der Waals surface area contributed by atoms with E-state index < -0.39 is 0 Å². The zero-order chi connectivity index (χ0) is 14.6. The van der Waals surface area contributed by atoms with Gasteiger partial charge in [-0.3, -0.25) is 0 Å². The maximum Gasteiger partial charge on any atom is 0.121 e. The van der Waals surface area contributed by atoms with E-state index in [1.807, 2.05) is 6.07 Å². The summed E-state index contributed by atoms with van der Waals surface area (Å²) in [6, 6.07) is 8.70. The van der Waals surface area contributed by atoms with Crippen molar-refractivity contribution in [3.8, 4) is 11.8 Å². The number of aliphatic hydroxyl groups is 1. The fraction of sp³-hybridized carbons (Fsp3) is 0.588. The molecule has 3 nitrogen and oxygen atoms in total. The number of rotatable bonds is 4. The molecule has 0 unspecified atom stereocenters. The molecule has 1 aliphatic rings. The minimum absolute atomic E-state index is 0.0269. The quantitative estimate of drug-likeness (QED) is 0.915. The largest absolute Gasteiger partial charge is 0.496 e. The summed E-state index contributed by atoms with van der Waals surface area (Å²) in [5, 5.41) is 18.5. The van der Waals surface area contributed by atoms with Gasteiger partial charge in [-0.05, 0) is 61.6 Å². The fourth-order valence-corrected chi connectivity index (χ4v) is 3.40. The molecule has 0 bridgehead atoms. The molecule has 0 spiro atoms. The smallest absolute Gasteiger partial charge is 0.121 e. The Balaban J connectivity index is 2.29. The highest BCUT2D eigenvalue weighted by molar-refractivity contribution is 5.39. The van der Waals surface area contributed by atoms with Crippen molar-refractivity contribution in [2.75, 3.05) is 13.7 Å². The van der Waals surface area contributed by atoms with Gasteiger partial charge in [0.2, 0.25) is 0 Å². The third kappa shape index (κ3) is 2.81. The minimum atomic E-state index is 0.0269. The molecule has 0 amide bonds. The van der Waals surface area contributed by atoms with E-state index in [9.17, 15) is 5.11 Å². The zero-order valence-electron chi connectivity index (χ0n) is 12.4. The molecule has 0 radical (unpaired) electrons. The average molecular weight is 273 g/mol. The second-order valence-electron chi connectivity index (χ2n) is 5.84. The number of ether oxygens (including phenoxy) is 1. The van der Waals surface area contributed by atoms with Crippen LogP contribution in [0.15, 0.2) is 18.2 Å². The molecular formula is C17H23NO2. The molecule has 0 atom stereocenters. The Labute approximate surface area is 121 Å². The number of hydrogen-bond donors (Lipinski definition) is 1. The van der Waals surface area contributed by atoms with Gasteiger partial charge < -0.3 is 9.84 Å². The van der Waals surface area contributed by atoms with Crippen LogP contribution in [-0.2, 0) is 5.41 Å². The van der Waals surface area contributed by atoms with Crippen LogP contribution in [0.2, 0.25) is 0 Å². The minimum Gasteiger partial charge on any atom is -0.496 e. The van der Waals surface area contributed by atoms with Crippen LogP contribution in [0.3, 0.4) is 0 Å². The molecule has 1 aromatic carbocycles. The second kappa shape index (κ2) is 6.28. The first-order chi connectivity index (χ1) is 9.65. The molecule has 2 rings (SSSR count). The highest BCUT2D eigenvalue weighted by Crippen LogP contribution is 2.44. The van der Waals surface area contributed by atoms with E-state index in [-0.39, 0.29) is 17.9 Å². The molecule has 1 fully saturated rings. The van der Waals surface area contributed by atoms with Crippen molar-refractivity contribution < 1.29 is 9.84 Å². The van der Waals surface area contributed by atoms with Crippen molar-refractivity contribution in [2.45, 2.75) is 44.4 Å². The Morgan fingerprint density at radius 3 is 2.60 bits per heavy atom. The standard InChI is InChI=1S/C17H23NO2/c1-13-11-15(3-4-16(13)20-2)17(9-10-19)7-5-14(12-18)6-8-17/h3-4,11,14,19H,5-10H2,1-2H3. The lowest BCUT2D eigenvalue weighted by Crippen LogP contribution is -2.32. The summed E-state index contributed by atoms with van der Waals surface area (Å²) in [7, 11) is 1.68. The predicted octanol–water partition coefficient (Wildman–Crippen LogP) is 3.34. The second-order valence-corrected chi connectivity index (χ2v) is 5.84. The maximum absolute atomic E-state index is 9.45. The highest BCUT2D eigenvalue weighted by Gasteiger charge is 2.36. The fourth-order valence-electron chi connectivity index (χ4n) is 3.40. The SMILES string of the molecule is COc1ccc(C2(CCO)CCC(C#N)CC2)cc1C. The first-order valence-electron chi connectivity index (χ1n) is 7.31. The Morgan fingerprint density at radius 2 is 2.10 bits per heavy atom. The predicted molar refractivity (Wildman–Crippen MR) is 78.7 cm³/mol. The number of benzene rings is 1. The topological polar surface area (TPSA) is 53.2 Å². The Hall–Kier alpha value is -1.53. The Bertz CT molecular complexity index is 496. The number of methoxy groups -OCH3 is 1. The molecule has 0 saturated heterocycles. The van der Waals surface area contributed by atoms with Gasteiger partial charge in [0.1, 0.15) is 5.75 Å². The molecule has 0 heterocycles. The van der Waals surface area contributed by atoms with E-state index in [4.69, 9.17) is 10.00 Å². The molecule has 108 valence electrons. The number of hydrogen-bond acceptors (Lipinski definition) is 3. The average Bonchev–Trinajstić information content (AvgIpc) is 2.48. The van der Waals surface area contributed by atoms with Crippen LogP contribution in [0.4, 0.5) is 0 Å². The van der Waals surface area contributed by atoms with Crippen molar-refractivity contribution in [2.24, 2.45) is 5.92 Å². The van der Waals surface area contributed by atoms with E-state index in [1.54, 1.807) is 7.11 Å². The maximum atomic E-state index is 9.45. The third-order valence-corrected chi connectivity index (χ3v) is 4.72. The van der Waals surface area contributed by atoms with Gasteiger partial charge in [-0.15, -0.1) is 0 Å². The first-order valence-corrected chi connectivity index (χ1v) is 7.31. The Kier molecular flexibility index (Phi) is 4.67. The van der Waals surface area contributed by atoms with Gasteiger partial charge in [0.05, 0.1) is 13.2 Å². The lowest BCUT2D eigenvalue weighted by molar-refractivity contribution is 0.185. The molecule has 0 aliphatic heterocycles. The lowest BCUT2D eigenvalue weighted by atomic mass is 9.65. The lowest BCUT2D eigenvalue weighted by Gasteiger charge is -2.39. The van der Waals surface area contributed by atoms with Gasteiger partial charge in [0.15, 0.2) is 0 Å². The van der Waals surface area contributed by atoms with Crippen LogP contribution in [0.1, 0.15) is 43.2 Å². The Morgan fingerprint density at radius 1 is 1.40 bits per heavy atom. The number of aryl methyl sites for hydroxylation is 1. The summed E-state index contributed by atoms with van der Waals surface area (Å²) < 4.78 is 5.32. The number of aliphatic hydroxyl groups excluding tert-OH is 1. The number of nitrogens with zero attached hydrogens (tertiary/aromatic N) is 1. The first kappa shape index (κ1) is 14.9. The molecule has 1 aliphatic carbocycles. The zero-order valence-corrected chi connectivity index (χ0v) is 12.4. The van der Waals surface area contributed by atoms with Crippen LogP contribution < -0.4 is 4.74 Å². The number of nitriles is 1. The summed E-state index contributed by atoms with van der Waals surface area (Å²) in [6.45, 7) is 2.25. The summed E-state index contributed by atoms with van der Waals surface area (Å²) in [6.07, 6.45) is 4.61. The van der Waals surface area contributed by atoms with Crippen molar-refractivity contribution in [1.82, 2.24) is 0 Å². The normalized spacial score (nSPS) is 26.0.